The van der Waals surface area contributed by atoms with E-state index in [-0.39, 0.29) is 6.10 Å². The smallest absolute Gasteiger partial charge is 0.225 e. The lowest BCUT2D eigenvalue weighted by atomic mass is 9.97. The van der Waals surface area contributed by atoms with Crippen molar-refractivity contribution in [3.63, 3.8) is 0 Å². The molecule has 5 heteroatoms. The third-order valence-electron chi connectivity index (χ3n) is 5.44. The summed E-state index contributed by atoms with van der Waals surface area (Å²) in [5, 5.41) is 6.89. The molecule has 0 amide bonds. The molecule has 2 heterocycles. The van der Waals surface area contributed by atoms with Crippen LogP contribution < -0.4 is 10.6 Å². The summed E-state index contributed by atoms with van der Waals surface area (Å²) in [6.45, 7) is 2.53. The third kappa shape index (κ3) is 5.32. The molecule has 5 nitrogen and oxygen atoms in total. The molecule has 28 heavy (non-hydrogen) atoms. The minimum Gasteiger partial charge on any atom is -0.376 e. The highest BCUT2D eigenvalue weighted by Crippen LogP contribution is 2.23. The van der Waals surface area contributed by atoms with Gasteiger partial charge in [-0.1, -0.05) is 42.0 Å². The second kappa shape index (κ2) is 9.69. The standard InChI is InChI=1S/C23H30N4O/c1-3-8-18(9-4-1)13-14-24-23-26-21(19-10-5-2-6-11-19)16-22(27-23)25-17-20-12-7-15-28-20/h2,5-6,8,10-11,16,20H,1,3-4,7,9,12-15,17H2,(H2,24,25,26,27). The van der Waals surface area contributed by atoms with Gasteiger partial charge >= 0.3 is 0 Å². The molecule has 4 rings (SSSR count). The van der Waals surface area contributed by atoms with Crippen LogP contribution in [-0.2, 0) is 4.74 Å². The summed E-state index contributed by atoms with van der Waals surface area (Å²) in [6, 6.07) is 12.3. The third-order valence-corrected chi connectivity index (χ3v) is 5.44. The predicted molar refractivity (Wildman–Crippen MR) is 115 cm³/mol. The zero-order valence-corrected chi connectivity index (χ0v) is 16.5. The van der Waals surface area contributed by atoms with E-state index >= 15 is 0 Å². The highest BCUT2D eigenvalue weighted by molar-refractivity contribution is 5.64. The summed E-state index contributed by atoms with van der Waals surface area (Å²) < 4.78 is 5.72. The minimum atomic E-state index is 0.282. The summed E-state index contributed by atoms with van der Waals surface area (Å²) >= 11 is 0. The molecule has 1 atom stereocenters. The molecule has 2 aliphatic rings. The van der Waals surface area contributed by atoms with Crippen LogP contribution in [0.2, 0.25) is 0 Å². The van der Waals surface area contributed by atoms with Gasteiger partial charge in [0.15, 0.2) is 0 Å². The maximum absolute atomic E-state index is 5.72. The van der Waals surface area contributed by atoms with E-state index in [1.54, 1.807) is 5.57 Å². The lowest BCUT2D eigenvalue weighted by Crippen LogP contribution is -2.19. The molecule has 148 valence electrons. The van der Waals surface area contributed by atoms with Crippen molar-refractivity contribution in [1.82, 2.24) is 9.97 Å². The van der Waals surface area contributed by atoms with E-state index in [4.69, 9.17) is 14.7 Å². The van der Waals surface area contributed by atoms with Crippen molar-refractivity contribution in [1.29, 1.82) is 0 Å². The van der Waals surface area contributed by atoms with E-state index in [9.17, 15) is 0 Å². The van der Waals surface area contributed by atoms with Crippen LogP contribution in [0.3, 0.4) is 0 Å². The number of aromatic nitrogens is 2. The second-order valence-electron chi connectivity index (χ2n) is 7.63. The van der Waals surface area contributed by atoms with Crippen molar-refractivity contribution in [2.45, 2.75) is 51.0 Å². The van der Waals surface area contributed by atoms with Gasteiger partial charge in [0, 0.05) is 31.3 Å². The van der Waals surface area contributed by atoms with Crippen molar-refractivity contribution in [2.24, 2.45) is 0 Å². The SMILES string of the molecule is C1=C(CCNc2nc(NCC3CCCO3)cc(-c3ccccc3)n2)CCCC1. The van der Waals surface area contributed by atoms with E-state index in [1.165, 1.54) is 25.7 Å². The van der Waals surface area contributed by atoms with E-state index in [0.717, 1.165) is 56.0 Å². The molecule has 1 fully saturated rings. The summed E-state index contributed by atoms with van der Waals surface area (Å²) in [5.74, 6) is 1.54. The van der Waals surface area contributed by atoms with Gasteiger partial charge in [-0.25, -0.2) is 4.98 Å². The zero-order chi connectivity index (χ0) is 19.0. The molecule has 1 aliphatic heterocycles. The Kier molecular flexibility index (Phi) is 6.56. The largest absolute Gasteiger partial charge is 0.376 e. The number of hydrogen-bond acceptors (Lipinski definition) is 5. The number of nitrogens with one attached hydrogen (secondary N) is 2. The van der Waals surface area contributed by atoms with Crippen LogP contribution in [-0.4, -0.2) is 35.8 Å². The van der Waals surface area contributed by atoms with Crippen LogP contribution in [0.1, 0.15) is 44.9 Å². The Hall–Kier alpha value is -2.40. The first-order valence-corrected chi connectivity index (χ1v) is 10.6. The first kappa shape index (κ1) is 18.9. The summed E-state index contributed by atoms with van der Waals surface area (Å²) in [7, 11) is 0. The van der Waals surface area contributed by atoms with Crippen LogP contribution in [0.15, 0.2) is 48.0 Å². The summed E-state index contributed by atoms with van der Waals surface area (Å²) in [6.07, 6.45) is 11.1. The van der Waals surface area contributed by atoms with Gasteiger partial charge in [-0.15, -0.1) is 0 Å². The number of anilines is 2. The molecule has 1 aromatic heterocycles. The Morgan fingerprint density at radius 1 is 1.04 bits per heavy atom. The minimum absolute atomic E-state index is 0.282. The normalized spacial score (nSPS) is 19.3. The Morgan fingerprint density at radius 3 is 2.75 bits per heavy atom. The number of hydrogen-bond donors (Lipinski definition) is 2. The maximum Gasteiger partial charge on any atom is 0.225 e. The highest BCUT2D eigenvalue weighted by Gasteiger charge is 2.16. The quantitative estimate of drug-likeness (QED) is 0.631. The first-order chi connectivity index (χ1) is 13.9. The van der Waals surface area contributed by atoms with Crippen LogP contribution in [0.5, 0.6) is 0 Å². The molecule has 2 aromatic rings. The van der Waals surface area contributed by atoms with E-state index in [1.807, 2.05) is 24.3 Å². The molecule has 2 N–H and O–H groups in total. The lowest BCUT2D eigenvalue weighted by Gasteiger charge is -2.15. The first-order valence-electron chi connectivity index (χ1n) is 10.6. The summed E-state index contributed by atoms with van der Waals surface area (Å²) in [5.41, 5.74) is 3.60. The van der Waals surface area contributed by atoms with E-state index in [2.05, 4.69) is 28.8 Å². The van der Waals surface area contributed by atoms with Gasteiger partial charge in [0.1, 0.15) is 5.82 Å². The molecule has 0 saturated carbocycles. The topological polar surface area (TPSA) is 59.1 Å². The molecule has 1 aromatic carbocycles. The Labute approximate surface area is 167 Å². The fourth-order valence-electron chi connectivity index (χ4n) is 3.86. The molecular weight excluding hydrogens is 348 g/mol. The Balaban J connectivity index is 1.45. The molecule has 1 unspecified atom stereocenters. The van der Waals surface area contributed by atoms with Crippen LogP contribution >= 0.6 is 0 Å². The van der Waals surface area contributed by atoms with E-state index in [0.29, 0.717) is 5.95 Å². The van der Waals surface area contributed by atoms with Gasteiger partial charge in [-0.3, -0.25) is 0 Å². The van der Waals surface area contributed by atoms with Crippen molar-refractivity contribution < 1.29 is 4.74 Å². The number of allylic oxidation sites excluding steroid dienone is 1. The zero-order valence-electron chi connectivity index (χ0n) is 16.5. The van der Waals surface area contributed by atoms with Gasteiger partial charge in [-0.05, 0) is 44.9 Å². The van der Waals surface area contributed by atoms with Crippen molar-refractivity contribution in [3.8, 4) is 11.3 Å². The molecule has 0 spiro atoms. The Morgan fingerprint density at radius 2 is 1.96 bits per heavy atom. The second-order valence-corrected chi connectivity index (χ2v) is 7.63. The average molecular weight is 379 g/mol. The number of nitrogens with zero attached hydrogens (tertiary/aromatic N) is 2. The molecule has 0 radical (unpaired) electrons. The number of ether oxygens (including phenoxy) is 1. The molecule has 1 saturated heterocycles. The van der Waals surface area contributed by atoms with E-state index < -0.39 is 0 Å². The molecular formula is C23H30N4O. The highest BCUT2D eigenvalue weighted by atomic mass is 16.5. The fourth-order valence-corrected chi connectivity index (χ4v) is 3.86. The van der Waals surface area contributed by atoms with Crippen molar-refractivity contribution in [3.05, 3.63) is 48.0 Å². The monoisotopic (exact) mass is 378 g/mol. The van der Waals surface area contributed by atoms with Gasteiger partial charge in [0.2, 0.25) is 5.95 Å². The number of rotatable bonds is 8. The van der Waals surface area contributed by atoms with Crippen molar-refractivity contribution >= 4 is 11.8 Å². The lowest BCUT2D eigenvalue weighted by molar-refractivity contribution is 0.120. The average Bonchev–Trinajstić information content (AvgIpc) is 3.27. The fraction of sp³-hybridized carbons (Fsp3) is 0.478. The maximum atomic E-state index is 5.72. The van der Waals surface area contributed by atoms with Gasteiger partial charge in [0.25, 0.3) is 0 Å². The van der Waals surface area contributed by atoms with Crippen LogP contribution in [0, 0.1) is 0 Å². The predicted octanol–water partition coefficient (Wildman–Crippen LogP) is 5.04. The molecule has 1 aliphatic carbocycles. The number of benzene rings is 1. The summed E-state index contributed by atoms with van der Waals surface area (Å²) in [4.78, 5) is 9.45. The Bertz CT molecular complexity index is 784. The van der Waals surface area contributed by atoms with Crippen LogP contribution in [0.4, 0.5) is 11.8 Å². The molecule has 0 bridgehead atoms. The van der Waals surface area contributed by atoms with Gasteiger partial charge in [-0.2, -0.15) is 4.98 Å². The van der Waals surface area contributed by atoms with Crippen molar-refractivity contribution in [2.75, 3.05) is 30.3 Å². The van der Waals surface area contributed by atoms with Crippen LogP contribution in [0.25, 0.3) is 11.3 Å². The van der Waals surface area contributed by atoms with Gasteiger partial charge in [0.05, 0.1) is 11.8 Å². The van der Waals surface area contributed by atoms with Gasteiger partial charge < -0.3 is 15.4 Å².